The molecule has 134 valence electrons. The number of rotatable bonds is 8. The molecule has 0 saturated carbocycles. The molecule has 0 saturated heterocycles. The lowest BCUT2D eigenvalue weighted by Gasteiger charge is -2.12. The van der Waals surface area contributed by atoms with E-state index in [1.54, 1.807) is 7.11 Å². The van der Waals surface area contributed by atoms with E-state index in [0.717, 1.165) is 29.2 Å². The first-order valence-corrected chi connectivity index (χ1v) is 8.50. The molecule has 2 aromatic rings. The maximum absolute atomic E-state index is 5.99. The van der Waals surface area contributed by atoms with Crippen LogP contribution >= 0.6 is 0 Å². The number of methoxy groups -OCH3 is 1. The smallest absolute Gasteiger partial charge is 0.193 e. The fourth-order valence-electron chi connectivity index (χ4n) is 2.24. The van der Waals surface area contributed by atoms with Crippen LogP contribution in [0.25, 0.3) is 0 Å². The molecular formula is C20H27N3O2. The van der Waals surface area contributed by atoms with Crippen molar-refractivity contribution in [1.82, 2.24) is 0 Å². The summed E-state index contributed by atoms with van der Waals surface area (Å²) in [5.41, 5.74) is 7.84. The second-order valence-corrected chi connectivity index (χ2v) is 6.20. The van der Waals surface area contributed by atoms with Gasteiger partial charge in [-0.1, -0.05) is 38.1 Å². The fourth-order valence-corrected chi connectivity index (χ4v) is 2.24. The van der Waals surface area contributed by atoms with Gasteiger partial charge in [0.1, 0.15) is 11.5 Å². The number of guanidine groups is 1. The molecule has 0 aromatic heterocycles. The predicted molar refractivity (Wildman–Crippen MR) is 103 cm³/mol. The molecule has 0 aliphatic carbocycles. The van der Waals surface area contributed by atoms with Gasteiger partial charge >= 0.3 is 0 Å². The Hall–Kier alpha value is -2.69. The van der Waals surface area contributed by atoms with Crippen molar-refractivity contribution in [2.45, 2.75) is 26.8 Å². The number of benzene rings is 2. The summed E-state index contributed by atoms with van der Waals surface area (Å²) in [6, 6.07) is 15.5. The topological polar surface area (TPSA) is 68.9 Å². The Balaban J connectivity index is 1.97. The SMILES string of the molecule is COc1cccc(NC(N)=NCc2ccccc2OCCC(C)C)c1. The number of hydrogen-bond acceptors (Lipinski definition) is 3. The number of nitrogens with two attached hydrogens (primary N) is 1. The van der Waals surface area contributed by atoms with Gasteiger partial charge in [-0.15, -0.1) is 0 Å². The molecule has 0 aliphatic heterocycles. The molecule has 2 aromatic carbocycles. The van der Waals surface area contributed by atoms with E-state index in [0.29, 0.717) is 25.0 Å². The van der Waals surface area contributed by atoms with Crippen molar-refractivity contribution < 1.29 is 9.47 Å². The molecule has 2 rings (SSSR count). The number of hydrogen-bond donors (Lipinski definition) is 2. The van der Waals surface area contributed by atoms with Crippen LogP contribution in [0, 0.1) is 5.92 Å². The average molecular weight is 341 g/mol. The van der Waals surface area contributed by atoms with E-state index in [2.05, 4.69) is 24.2 Å². The molecule has 0 radical (unpaired) electrons. The van der Waals surface area contributed by atoms with E-state index in [1.165, 1.54) is 0 Å². The second kappa shape index (κ2) is 9.57. The van der Waals surface area contributed by atoms with Gasteiger partial charge in [0.2, 0.25) is 0 Å². The zero-order chi connectivity index (χ0) is 18.1. The van der Waals surface area contributed by atoms with Crippen molar-refractivity contribution in [2.75, 3.05) is 19.0 Å². The molecular weight excluding hydrogens is 314 g/mol. The summed E-state index contributed by atoms with van der Waals surface area (Å²) in [4.78, 5) is 4.41. The van der Waals surface area contributed by atoms with E-state index in [4.69, 9.17) is 15.2 Å². The van der Waals surface area contributed by atoms with Crippen molar-refractivity contribution in [3.8, 4) is 11.5 Å². The molecule has 0 fully saturated rings. The average Bonchev–Trinajstić information content (AvgIpc) is 2.61. The number of anilines is 1. The van der Waals surface area contributed by atoms with E-state index < -0.39 is 0 Å². The van der Waals surface area contributed by atoms with Gasteiger partial charge in [0.05, 0.1) is 20.3 Å². The van der Waals surface area contributed by atoms with Crippen LogP contribution in [0.5, 0.6) is 11.5 Å². The Morgan fingerprint density at radius 2 is 1.96 bits per heavy atom. The number of nitrogens with one attached hydrogen (secondary N) is 1. The third-order valence-corrected chi connectivity index (χ3v) is 3.69. The van der Waals surface area contributed by atoms with Crippen molar-refractivity contribution in [3.63, 3.8) is 0 Å². The molecule has 0 heterocycles. The standard InChI is InChI=1S/C20H27N3O2/c1-15(2)11-12-25-19-10-5-4-7-16(19)14-22-20(21)23-17-8-6-9-18(13-17)24-3/h4-10,13,15H,11-12,14H2,1-3H3,(H3,21,22,23). The van der Waals surface area contributed by atoms with Gasteiger partial charge in [0.15, 0.2) is 5.96 Å². The summed E-state index contributed by atoms with van der Waals surface area (Å²) in [5, 5.41) is 3.07. The van der Waals surface area contributed by atoms with Crippen molar-refractivity contribution in [3.05, 3.63) is 54.1 Å². The third kappa shape index (κ3) is 6.37. The highest BCUT2D eigenvalue weighted by atomic mass is 16.5. The van der Waals surface area contributed by atoms with Gasteiger partial charge in [-0.2, -0.15) is 0 Å². The summed E-state index contributed by atoms with van der Waals surface area (Å²) in [5.74, 6) is 2.60. The summed E-state index contributed by atoms with van der Waals surface area (Å²) in [6.07, 6.45) is 1.02. The lowest BCUT2D eigenvalue weighted by molar-refractivity contribution is 0.287. The minimum Gasteiger partial charge on any atom is -0.497 e. The Bertz CT molecular complexity index is 699. The highest BCUT2D eigenvalue weighted by molar-refractivity contribution is 5.92. The second-order valence-electron chi connectivity index (χ2n) is 6.20. The highest BCUT2D eigenvalue weighted by Gasteiger charge is 2.04. The maximum Gasteiger partial charge on any atom is 0.193 e. The minimum absolute atomic E-state index is 0.352. The van der Waals surface area contributed by atoms with Crippen LogP contribution in [-0.2, 0) is 6.54 Å². The number of para-hydroxylation sites is 1. The Morgan fingerprint density at radius 3 is 2.72 bits per heavy atom. The van der Waals surface area contributed by atoms with Crippen LogP contribution in [0.3, 0.4) is 0 Å². The molecule has 0 bridgehead atoms. The molecule has 0 aliphatic rings. The van der Waals surface area contributed by atoms with Crippen LogP contribution in [0.4, 0.5) is 5.69 Å². The molecule has 5 nitrogen and oxygen atoms in total. The summed E-state index contributed by atoms with van der Waals surface area (Å²) < 4.78 is 11.1. The monoisotopic (exact) mass is 341 g/mol. The molecule has 25 heavy (non-hydrogen) atoms. The highest BCUT2D eigenvalue weighted by Crippen LogP contribution is 2.20. The third-order valence-electron chi connectivity index (χ3n) is 3.69. The number of aliphatic imine (C=N–C) groups is 1. The van der Waals surface area contributed by atoms with E-state index in [1.807, 2.05) is 48.5 Å². The van der Waals surface area contributed by atoms with E-state index >= 15 is 0 Å². The van der Waals surface area contributed by atoms with Gasteiger partial charge in [-0.3, -0.25) is 0 Å². The van der Waals surface area contributed by atoms with Crippen molar-refractivity contribution >= 4 is 11.6 Å². The summed E-state index contributed by atoms with van der Waals surface area (Å²) >= 11 is 0. The lowest BCUT2D eigenvalue weighted by atomic mass is 10.1. The van der Waals surface area contributed by atoms with E-state index in [9.17, 15) is 0 Å². The van der Waals surface area contributed by atoms with Gasteiger partial charge in [0.25, 0.3) is 0 Å². The largest absolute Gasteiger partial charge is 0.497 e. The van der Waals surface area contributed by atoms with Crippen LogP contribution < -0.4 is 20.5 Å². The van der Waals surface area contributed by atoms with Gasteiger partial charge in [-0.25, -0.2) is 4.99 Å². The predicted octanol–water partition coefficient (Wildman–Crippen LogP) is 4.05. The van der Waals surface area contributed by atoms with Crippen LogP contribution in [0.1, 0.15) is 25.8 Å². The molecule has 0 atom stereocenters. The van der Waals surface area contributed by atoms with Gasteiger partial charge < -0.3 is 20.5 Å². The zero-order valence-corrected chi connectivity index (χ0v) is 15.2. The molecule has 5 heteroatoms. The fraction of sp³-hybridized carbons (Fsp3) is 0.350. The molecule has 0 spiro atoms. The maximum atomic E-state index is 5.99. The quantitative estimate of drug-likeness (QED) is 0.561. The minimum atomic E-state index is 0.352. The van der Waals surface area contributed by atoms with Gasteiger partial charge in [-0.05, 0) is 30.5 Å². The Labute approximate surface area is 149 Å². The van der Waals surface area contributed by atoms with Gasteiger partial charge in [0, 0.05) is 17.3 Å². The first kappa shape index (κ1) is 18.6. The summed E-state index contributed by atoms with van der Waals surface area (Å²) in [6.45, 7) is 5.53. The molecule has 0 unspecified atom stereocenters. The first-order chi connectivity index (χ1) is 12.1. The normalized spacial score (nSPS) is 11.4. The number of nitrogens with zero attached hydrogens (tertiary/aromatic N) is 1. The van der Waals surface area contributed by atoms with E-state index in [-0.39, 0.29) is 0 Å². The van der Waals surface area contributed by atoms with Crippen LogP contribution in [0.2, 0.25) is 0 Å². The Kier molecular flexibility index (Phi) is 7.14. The van der Waals surface area contributed by atoms with Crippen LogP contribution in [0.15, 0.2) is 53.5 Å². The summed E-state index contributed by atoms with van der Waals surface area (Å²) in [7, 11) is 1.63. The Morgan fingerprint density at radius 1 is 1.16 bits per heavy atom. The first-order valence-electron chi connectivity index (χ1n) is 8.50. The lowest BCUT2D eigenvalue weighted by Crippen LogP contribution is -2.22. The van der Waals surface area contributed by atoms with Crippen molar-refractivity contribution in [1.29, 1.82) is 0 Å². The zero-order valence-electron chi connectivity index (χ0n) is 15.2. The van der Waals surface area contributed by atoms with Crippen LogP contribution in [-0.4, -0.2) is 19.7 Å². The molecule has 0 amide bonds. The molecule has 3 N–H and O–H groups in total. The van der Waals surface area contributed by atoms with Crippen molar-refractivity contribution in [2.24, 2.45) is 16.6 Å². The number of ether oxygens (including phenoxy) is 2.